The fourth-order valence-corrected chi connectivity index (χ4v) is 1.51. The van der Waals surface area contributed by atoms with Gasteiger partial charge in [0.2, 0.25) is 17.7 Å². The lowest BCUT2D eigenvalue weighted by molar-refractivity contribution is -0.136. The largest absolute Gasteiger partial charge is 0.355 e. The molecular formula is C14H27N3O3. The maximum absolute atomic E-state index is 11.9. The van der Waals surface area contributed by atoms with Gasteiger partial charge < -0.3 is 15.5 Å². The average Bonchev–Trinajstić information content (AvgIpc) is 2.34. The number of likely N-dealkylation sites (N-methyl/N-ethyl adjacent to an activating group) is 2. The number of hydrogen-bond donors (Lipinski definition) is 2. The second-order valence-corrected chi connectivity index (χ2v) is 5.62. The third-order valence-corrected chi connectivity index (χ3v) is 2.75. The van der Waals surface area contributed by atoms with Gasteiger partial charge in [-0.25, -0.2) is 0 Å². The van der Waals surface area contributed by atoms with Gasteiger partial charge in [0.25, 0.3) is 0 Å². The normalized spacial score (nSPS) is 10.8. The van der Waals surface area contributed by atoms with E-state index >= 15 is 0 Å². The maximum atomic E-state index is 11.9. The smallest absolute Gasteiger partial charge is 0.239 e. The van der Waals surface area contributed by atoms with E-state index in [1.165, 1.54) is 4.90 Å². The van der Waals surface area contributed by atoms with Crippen LogP contribution in [0.15, 0.2) is 0 Å². The van der Waals surface area contributed by atoms with Crippen molar-refractivity contribution < 1.29 is 14.4 Å². The van der Waals surface area contributed by atoms with Crippen molar-refractivity contribution in [3.8, 4) is 0 Å². The fourth-order valence-electron chi connectivity index (χ4n) is 1.51. The molecule has 0 aliphatic rings. The molecule has 3 amide bonds. The Bertz CT molecular complexity index is 348. The third kappa shape index (κ3) is 7.11. The van der Waals surface area contributed by atoms with Crippen molar-refractivity contribution in [2.75, 3.05) is 26.2 Å². The summed E-state index contributed by atoms with van der Waals surface area (Å²) in [5.41, 5.74) is -0.464. The molecule has 0 aromatic carbocycles. The first-order valence-corrected chi connectivity index (χ1v) is 7.05. The molecule has 0 aliphatic carbocycles. The van der Waals surface area contributed by atoms with Crippen LogP contribution in [-0.4, -0.2) is 48.8 Å². The van der Waals surface area contributed by atoms with Crippen LogP contribution in [0.1, 0.15) is 41.0 Å². The molecule has 0 atom stereocenters. The summed E-state index contributed by atoms with van der Waals surface area (Å²) >= 11 is 0. The van der Waals surface area contributed by atoms with E-state index in [-0.39, 0.29) is 30.7 Å². The van der Waals surface area contributed by atoms with E-state index in [0.29, 0.717) is 19.6 Å². The number of nitrogens with one attached hydrogen (secondary N) is 2. The van der Waals surface area contributed by atoms with Crippen molar-refractivity contribution >= 4 is 17.7 Å². The lowest BCUT2D eigenvalue weighted by Gasteiger charge is -2.21. The molecular weight excluding hydrogens is 258 g/mol. The van der Waals surface area contributed by atoms with Crippen LogP contribution in [0.3, 0.4) is 0 Å². The molecule has 0 fully saturated rings. The number of carbonyl (C=O) groups is 3. The van der Waals surface area contributed by atoms with Crippen LogP contribution in [-0.2, 0) is 14.4 Å². The first kappa shape index (κ1) is 18.4. The molecule has 0 saturated carbocycles. The summed E-state index contributed by atoms with van der Waals surface area (Å²) in [5, 5.41) is 5.38. The van der Waals surface area contributed by atoms with Gasteiger partial charge >= 0.3 is 0 Å². The van der Waals surface area contributed by atoms with Gasteiger partial charge in [-0.2, -0.15) is 0 Å². The lowest BCUT2D eigenvalue weighted by atomic mass is 9.96. The van der Waals surface area contributed by atoms with Gasteiger partial charge in [-0.05, 0) is 13.8 Å². The SMILES string of the molecule is CCNC(=O)CN(CC)C(=O)CCNC(=O)C(C)(C)C. The molecule has 0 spiro atoms. The molecule has 6 heteroatoms. The average molecular weight is 285 g/mol. The number of carbonyl (C=O) groups excluding carboxylic acids is 3. The molecule has 2 N–H and O–H groups in total. The zero-order chi connectivity index (χ0) is 15.8. The number of amides is 3. The molecule has 20 heavy (non-hydrogen) atoms. The molecule has 0 saturated heterocycles. The first-order chi connectivity index (χ1) is 9.22. The summed E-state index contributed by atoms with van der Waals surface area (Å²) in [6.07, 6.45) is 0.203. The highest BCUT2D eigenvalue weighted by Gasteiger charge is 2.21. The molecule has 0 aromatic heterocycles. The van der Waals surface area contributed by atoms with Crippen LogP contribution < -0.4 is 10.6 Å². The van der Waals surface area contributed by atoms with E-state index in [9.17, 15) is 14.4 Å². The molecule has 0 bridgehead atoms. The van der Waals surface area contributed by atoms with Gasteiger partial charge in [-0.15, -0.1) is 0 Å². The second kappa shape index (κ2) is 8.55. The monoisotopic (exact) mass is 285 g/mol. The summed E-state index contributed by atoms with van der Waals surface area (Å²) in [6.45, 7) is 10.5. The Balaban J connectivity index is 4.17. The minimum absolute atomic E-state index is 0.0659. The number of nitrogens with zero attached hydrogens (tertiary/aromatic N) is 1. The predicted octanol–water partition coefficient (Wildman–Crippen LogP) is 0.523. The van der Waals surface area contributed by atoms with E-state index in [1.54, 1.807) is 0 Å². The number of rotatable bonds is 7. The summed E-state index contributed by atoms with van der Waals surface area (Å²) in [6, 6.07) is 0. The molecule has 0 radical (unpaired) electrons. The molecule has 0 heterocycles. The highest BCUT2D eigenvalue weighted by atomic mass is 16.2. The van der Waals surface area contributed by atoms with Crippen molar-refractivity contribution in [1.29, 1.82) is 0 Å². The third-order valence-electron chi connectivity index (χ3n) is 2.75. The zero-order valence-corrected chi connectivity index (χ0v) is 13.2. The molecule has 116 valence electrons. The first-order valence-electron chi connectivity index (χ1n) is 7.05. The summed E-state index contributed by atoms with van der Waals surface area (Å²) in [7, 11) is 0. The van der Waals surface area contributed by atoms with Crippen LogP contribution >= 0.6 is 0 Å². The van der Waals surface area contributed by atoms with E-state index in [2.05, 4.69) is 10.6 Å². The van der Waals surface area contributed by atoms with Crippen LogP contribution in [0.4, 0.5) is 0 Å². The van der Waals surface area contributed by atoms with Gasteiger partial charge in [0.05, 0.1) is 6.54 Å². The Hall–Kier alpha value is -1.59. The Kier molecular flexibility index (Phi) is 7.87. The topological polar surface area (TPSA) is 78.5 Å². The maximum Gasteiger partial charge on any atom is 0.239 e. The van der Waals surface area contributed by atoms with Gasteiger partial charge in [-0.3, -0.25) is 14.4 Å². The van der Waals surface area contributed by atoms with Crippen LogP contribution in [0.2, 0.25) is 0 Å². The van der Waals surface area contributed by atoms with Crippen molar-refractivity contribution in [3.63, 3.8) is 0 Å². The Morgan fingerprint density at radius 2 is 1.65 bits per heavy atom. The van der Waals surface area contributed by atoms with Crippen molar-refractivity contribution in [3.05, 3.63) is 0 Å². The van der Waals surface area contributed by atoms with Crippen molar-refractivity contribution in [1.82, 2.24) is 15.5 Å². The lowest BCUT2D eigenvalue weighted by Crippen LogP contribution is -2.42. The van der Waals surface area contributed by atoms with Crippen molar-refractivity contribution in [2.24, 2.45) is 5.41 Å². The van der Waals surface area contributed by atoms with Crippen LogP contribution in [0.5, 0.6) is 0 Å². The standard InChI is InChI=1S/C14H27N3O3/c1-6-15-11(18)10-17(7-2)12(19)8-9-16-13(20)14(3,4)5/h6-10H2,1-5H3,(H,15,18)(H,16,20). The van der Waals surface area contributed by atoms with E-state index in [4.69, 9.17) is 0 Å². The molecule has 6 nitrogen and oxygen atoms in total. The van der Waals surface area contributed by atoms with Gasteiger partial charge in [0, 0.05) is 31.5 Å². The second-order valence-electron chi connectivity index (χ2n) is 5.62. The number of hydrogen-bond acceptors (Lipinski definition) is 3. The highest BCUT2D eigenvalue weighted by molar-refractivity contribution is 5.85. The minimum atomic E-state index is -0.464. The molecule has 0 unspecified atom stereocenters. The molecule has 0 aromatic rings. The van der Waals surface area contributed by atoms with E-state index in [1.807, 2.05) is 34.6 Å². The van der Waals surface area contributed by atoms with Gasteiger partial charge in [0.15, 0.2) is 0 Å². The van der Waals surface area contributed by atoms with Crippen LogP contribution in [0.25, 0.3) is 0 Å². The summed E-state index contributed by atoms with van der Waals surface area (Å²) in [5.74, 6) is -0.383. The predicted molar refractivity (Wildman–Crippen MR) is 78.0 cm³/mol. The van der Waals surface area contributed by atoms with Gasteiger partial charge in [0.1, 0.15) is 0 Å². The van der Waals surface area contributed by atoms with Crippen molar-refractivity contribution in [2.45, 2.75) is 41.0 Å². The van der Waals surface area contributed by atoms with Gasteiger partial charge in [-0.1, -0.05) is 20.8 Å². The highest BCUT2D eigenvalue weighted by Crippen LogP contribution is 2.12. The van der Waals surface area contributed by atoms with E-state index < -0.39 is 5.41 Å². The van der Waals surface area contributed by atoms with E-state index in [0.717, 1.165) is 0 Å². The fraction of sp³-hybridized carbons (Fsp3) is 0.786. The summed E-state index contributed by atoms with van der Waals surface area (Å²) in [4.78, 5) is 36.5. The quantitative estimate of drug-likeness (QED) is 0.716. The Morgan fingerprint density at radius 1 is 1.05 bits per heavy atom. The Morgan fingerprint density at radius 3 is 2.10 bits per heavy atom. The zero-order valence-electron chi connectivity index (χ0n) is 13.2. The molecule has 0 rings (SSSR count). The molecule has 0 aliphatic heterocycles. The Labute approximate surface area is 121 Å². The summed E-state index contributed by atoms with van der Waals surface area (Å²) < 4.78 is 0. The minimum Gasteiger partial charge on any atom is -0.355 e. The van der Waals surface area contributed by atoms with Crippen LogP contribution in [0, 0.1) is 5.41 Å².